The fraction of sp³-hybridized carbons (Fsp3) is 0.100. The maximum Gasteiger partial charge on any atom is 0.255 e. The van der Waals surface area contributed by atoms with Crippen molar-refractivity contribution in [3.63, 3.8) is 0 Å². The van der Waals surface area contributed by atoms with Crippen LogP contribution in [0, 0.1) is 5.82 Å². The molecule has 1 N–H and O–H groups in total. The van der Waals surface area contributed by atoms with Gasteiger partial charge in [-0.3, -0.25) is 4.79 Å². The molecular weight excluding hydrogens is 361 g/mol. The summed E-state index contributed by atoms with van der Waals surface area (Å²) in [6.07, 6.45) is 5.37. The summed E-state index contributed by atoms with van der Waals surface area (Å²) in [6.45, 7) is 0.587. The lowest BCUT2D eigenvalue weighted by molar-refractivity contribution is 0.102. The molecule has 4 aromatic rings. The smallest absolute Gasteiger partial charge is 0.255 e. The lowest BCUT2D eigenvalue weighted by Gasteiger charge is -2.10. The van der Waals surface area contributed by atoms with E-state index in [1.54, 1.807) is 18.5 Å². The Labute approximate surface area is 158 Å². The van der Waals surface area contributed by atoms with E-state index in [2.05, 4.69) is 20.4 Å². The second-order valence-corrected chi connectivity index (χ2v) is 6.41. The number of amides is 1. The maximum atomic E-state index is 14.2. The van der Waals surface area contributed by atoms with E-state index in [0.29, 0.717) is 29.2 Å². The zero-order valence-corrected chi connectivity index (χ0v) is 14.6. The van der Waals surface area contributed by atoms with Crippen LogP contribution in [0.3, 0.4) is 0 Å². The predicted octanol–water partition coefficient (Wildman–Crippen LogP) is 3.12. The van der Waals surface area contributed by atoms with E-state index in [0.717, 1.165) is 17.7 Å². The maximum absolute atomic E-state index is 14.2. The van der Waals surface area contributed by atoms with Crippen molar-refractivity contribution < 1.29 is 13.9 Å². The molecule has 0 aliphatic carbocycles. The van der Waals surface area contributed by atoms with Gasteiger partial charge in [0.15, 0.2) is 0 Å². The Balaban J connectivity index is 1.48. The Hall–Kier alpha value is -3.81. The molecule has 1 aliphatic heterocycles. The van der Waals surface area contributed by atoms with Crippen molar-refractivity contribution in [3.05, 3.63) is 72.1 Å². The van der Waals surface area contributed by atoms with Gasteiger partial charge in [-0.05, 0) is 35.9 Å². The van der Waals surface area contributed by atoms with E-state index in [-0.39, 0.29) is 5.56 Å². The average molecular weight is 375 g/mol. The Bertz CT molecular complexity index is 1220. The zero-order valence-electron chi connectivity index (χ0n) is 14.6. The number of benzene rings is 2. The van der Waals surface area contributed by atoms with Gasteiger partial charge in [0.2, 0.25) is 0 Å². The first-order valence-corrected chi connectivity index (χ1v) is 8.70. The standard InChI is InChI=1S/C20H14FN5O2/c21-15-7-12(14-9-22-20-23-11-24-26(20)10-14)6-13(8-15)19(27)25-17-2-1-3-18-16(17)4-5-28-18/h1-3,6-11H,4-5H2,(H,25,27). The number of hydrogen-bond donors (Lipinski definition) is 1. The van der Waals surface area contributed by atoms with Crippen LogP contribution in [0.5, 0.6) is 5.75 Å². The molecule has 28 heavy (non-hydrogen) atoms. The first kappa shape index (κ1) is 16.4. The first-order valence-electron chi connectivity index (χ1n) is 8.70. The van der Waals surface area contributed by atoms with Crippen LogP contribution in [0.2, 0.25) is 0 Å². The number of carbonyl (C=O) groups excluding carboxylic acids is 1. The van der Waals surface area contributed by atoms with E-state index in [9.17, 15) is 9.18 Å². The van der Waals surface area contributed by atoms with E-state index in [1.807, 2.05) is 18.2 Å². The lowest BCUT2D eigenvalue weighted by atomic mass is 10.0. The molecule has 0 bridgehead atoms. The summed E-state index contributed by atoms with van der Waals surface area (Å²) in [4.78, 5) is 20.9. The summed E-state index contributed by atoms with van der Waals surface area (Å²) in [5.74, 6) is 0.307. The molecule has 0 saturated carbocycles. The zero-order chi connectivity index (χ0) is 19.1. The fourth-order valence-corrected chi connectivity index (χ4v) is 3.29. The van der Waals surface area contributed by atoms with E-state index in [1.165, 1.54) is 23.0 Å². The second-order valence-electron chi connectivity index (χ2n) is 6.41. The Morgan fingerprint density at radius 2 is 2.11 bits per heavy atom. The van der Waals surface area contributed by atoms with Gasteiger partial charge in [0, 0.05) is 41.2 Å². The van der Waals surface area contributed by atoms with Crippen LogP contribution in [0.25, 0.3) is 16.9 Å². The molecule has 0 fully saturated rings. The third-order valence-electron chi connectivity index (χ3n) is 4.62. The summed E-state index contributed by atoms with van der Waals surface area (Å²) < 4.78 is 21.2. The largest absolute Gasteiger partial charge is 0.493 e. The normalized spacial score (nSPS) is 12.6. The minimum Gasteiger partial charge on any atom is -0.493 e. The summed E-state index contributed by atoms with van der Waals surface area (Å²) in [7, 11) is 0. The molecule has 3 heterocycles. The fourth-order valence-electron chi connectivity index (χ4n) is 3.29. The van der Waals surface area contributed by atoms with Crippen LogP contribution in [0.15, 0.2) is 55.1 Å². The van der Waals surface area contributed by atoms with Gasteiger partial charge >= 0.3 is 0 Å². The molecule has 7 nitrogen and oxygen atoms in total. The summed E-state index contributed by atoms with van der Waals surface area (Å²) in [5, 5.41) is 6.89. The number of ether oxygens (including phenoxy) is 1. The number of anilines is 1. The molecule has 138 valence electrons. The quantitative estimate of drug-likeness (QED) is 0.595. The summed E-state index contributed by atoms with van der Waals surface area (Å²) in [5.41, 5.74) is 2.99. The van der Waals surface area contributed by atoms with Crippen molar-refractivity contribution in [1.29, 1.82) is 0 Å². The minimum atomic E-state index is -0.511. The number of rotatable bonds is 3. The van der Waals surface area contributed by atoms with E-state index in [4.69, 9.17) is 4.74 Å². The monoisotopic (exact) mass is 375 g/mol. The van der Waals surface area contributed by atoms with Crippen molar-refractivity contribution in [2.24, 2.45) is 0 Å². The Kier molecular flexibility index (Phi) is 3.75. The number of halogens is 1. The second kappa shape index (κ2) is 6.41. The highest BCUT2D eigenvalue weighted by Crippen LogP contribution is 2.32. The lowest BCUT2D eigenvalue weighted by Crippen LogP contribution is -2.13. The SMILES string of the molecule is O=C(Nc1cccc2c1CCO2)c1cc(F)cc(-c2cnc3ncnn3c2)c1. The Morgan fingerprint density at radius 1 is 1.18 bits per heavy atom. The number of hydrogen-bond acceptors (Lipinski definition) is 5. The van der Waals surface area contributed by atoms with Gasteiger partial charge in [-0.15, -0.1) is 0 Å². The number of nitrogens with zero attached hydrogens (tertiary/aromatic N) is 4. The van der Waals surface area contributed by atoms with Crippen LogP contribution in [-0.4, -0.2) is 32.1 Å². The number of carbonyl (C=O) groups is 1. The third-order valence-corrected chi connectivity index (χ3v) is 4.62. The molecule has 8 heteroatoms. The number of fused-ring (bicyclic) bond motifs is 2. The van der Waals surface area contributed by atoms with Crippen molar-refractivity contribution in [3.8, 4) is 16.9 Å². The van der Waals surface area contributed by atoms with Crippen LogP contribution in [0.1, 0.15) is 15.9 Å². The molecule has 0 radical (unpaired) electrons. The van der Waals surface area contributed by atoms with E-state index >= 15 is 0 Å². The molecule has 2 aromatic heterocycles. The number of aromatic nitrogens is 4. The summed E-state index contributed by atoms with van der Waals surface area (Å²) >= 11 is 0. The van der Waals surface area contributed by atoms with Crippen LogP contribution < -0.4 is 10.1 Å². The highest BCUT2D eigenvalue weighted by molar-refractivity contribution is 6.05. The first-order chi connectivity index (χ1) is 13.7. The third kappa shape index (κ3) is 2.84. The average Bonchev–Trinajstić information content (AvgIpc) is 3.36. The van der Waals surface area contributed by atoms with Crippen LogP contribution in [0.4, 0.5) is 10.1 Å². The van der Waals surface area contributed by atoms with Crippen molar-refractivity contribution >= 4 is 17.4 Å². The number of nitrogens with one attached hydrogen (secondary N) is 1. The van der Waals surface area contributed by atoms with Crippen molar-refractivity contribution in [2.75, 3.05) is 11.9 Å². The van der Waals surface area contributed by atoms with Gasteiger partial charge in [0.1, 0.15) is 17.9 Å². The predicted molar refractivity (Wildman–Crippen MR) is 99.8 cm³/mol. The van der Waals surface area contributed by atoms with E-state index < -0.39 is 11.7 Å². The highest BCUT2D eigenvalue weighted by atomic mass is 19.1. The summed E-state index contributed by atoms with van der Waals surface area (Å²) in [6, 6.07) is 9.68. The van der Waals surface area contributed by atoms with Crippen molar-refractivity contribution in [2.45, 2.75) is 6.42 Å². The molecule has 1 amide bonds. The topological polar surface area (TPSA) is 81.4 Å². The Morgan fingerprint density at radius 3 is 3.04 bits per heavy atom. The van der Waals surface area contributed by atoms with Gasteiger partial charge in [0.05, 0.1) is 6.61 Å². The van der Waals surface area contributed by atoms with Crippen LogP contribution >= 0.6 is 0 Å². The van der Waals surface area contributed by atoms with Gasteiger partial charge in [0.25, 0.3) is 11.7 Å². The molecule has 0 unspecified atom stereocenters. The molecule has 1 aliphatic rings. The van der Waals surface area contributed by atoms with Gasteiger partial charge in [-0.2, -0.15) is 10.1 Å². The van der Waals surface area contributed by atoms with Gasteiger partial charge < -0.3 is 10.1 Å². The molecule has 2 aromatic carbocycles. The van der Waals surface area contributed by atoms with Gasteiger partial charge in [-0.1, -0.05) is 6.07 Å². The highest BCUT2D eigenvalue weighted by Gasteiger charge is 2.18. The molecule has 5 rings (SSSR count). The van der Waals surface area contributed by atoms with Crippen LogP contribution in [-0.2, 0) is 6.42 Å². The van der Waals surface area contributed by atoms with Gasteiger partial charge in [-0.25, -0.2) is 13.9 Å². The molecule has 0 atom stereocenters. The molecular formula is C20H14FN5O2. The molecule has 0 saturated heterocycles. The van der Waals surface area contributed by atoms with Crippen molar-refractivity contribution in [1.82, 2.24) is 19.6 Å². The molecule has 0 spiro atoms. The minimum absolute atomic E-state index is 0.213.